The Morgan fingerprint density at radius 3 is 2.46 bits per heavy atom. The zero-order valence-electron chi connectivity index (χ0n) is 12.9. The molecule has 0 aromatic heterocycles. The second-order valence-electron chi connectivity index (χ2n) is 5.13. The van der Waals surface area contributed by atoms with E-state index in [1.54, 1.807) is 31.2 Å². The van der Waals surface area contributed by atoms with Crippen LogP contribution in [0.3, 0.4) is 0 Å². The van der Waals surface area contributed by atoms with Crippen molar-refractivity contribution in [2.24, 2.45) is 0 Å². The molecule has 0 spiro atoms. The van der Waals surface area contributed by atoms with Crippen LogP contribution in [0.5, 0.6) is 5.75 Å². The summed E-state index contributed by atoms with van der Waals surface area (Å²) in [6.45, 7) is 1.57. The Bertz CT molecular complexity index is 868. The highest BCUT2D eigenvalue weighted by Gasteiger charge is 2.16. The Hall–Kier alpha value is -1.76. The standard InChI is InChI=1S/C16H15Cl2NO4S/c1-10(23-12-6-7-14(17)15(18)9-12)16(20)19-11-4-3-5-13(8-11)24(2,21)22/h3-10H,1-2H3,(H,19,20). The van der Waals surface area contributed by atoms with Crippen LogP contribution in [0.4, 0.5) is 5.69 Å². The van der Waals surface area contributed by atoms with Crippen molar-refractivity contribution in [3.8, 4) is 5.75 Å². The van der Waals surface area contributed by atoms with E-state index in [2.05, 4.69) is 5.32 Å². The van der Waals surface area contributed by atoms with Gasteiger partial charge in [0, 0.05) is 18.0 Å². The minimum absolute atomic E-state index is 0.123. The van der Waals surface area contributed by atoms with Gasteiger partial charge in [0.1, 0.15) is 5.75 Å². The van der Waals surface area contributed by atoms with Gasteiger partial charge < -0.3 is 10.1 Å². The van der Waals surface area contributed by atoms with E-state index >= 15 is 0 Å². The van der Waals surface area contributed by atoms with Crippen molar-refractivity contribution >= 4 is 44.6 Å². The quantitative estimate of drug-likeness (QED) is 0.846. The average molecular weight is 388 g/mol. The lowest BCUT2D eigenvalue weighted by molar-refractivity contribution is -0.122. The molecule has 5 nitrogen and oxygen atoms in total. The number of nitrogens with one attached hydrogen (secondary N) is 1. The highest BCUT2D eigenvalue weighted by atomic mass is 35.5. The van der Waals surface area contributed by atoms with E-state index in [0.29, 0.717) is 21.5 Å². The third kappa shape index (κ3) is 4.87. The molecule has 2 aromatic rings. The third-order valence-electron chi connectivity index (χ3n) is 3.10. The number of rotatable bonds is 5. The molecular formula is C16H15Cl2NO4S. The maximum atomic E-state index is 12.2. The minimum atomic E-state index is -3.35. The largest absolute Gasteiger partial charge is 0.481 e. The molecule has 8 heteroatoms. The number of hydrogen-bond donors (Lipinski definition) is 1. The van der Waals surface area contributed by atoms with Crippen molar-refractivity contribution in [1.29, 1.82) is 0 Å². The fourth-order valence-electron chi connectivity index (χ4n) is 1.86. The Morgan fingerprint density at radius 2 is 1.83 bits per heavy atom. The van der Waals surface area contributed by atoms with Gasteiger partial charge in [0.05, 0.1) is 14.9 Å². The van der Waals surface area contributed by atoms with Crippen molar-refractivity contribution < 1.29 is 17.9 Å². The monoisotopic (exact) mass is 387 g/mol. The molecule has 2 rings (SSSR count). The SMILES string of the molecule is CC(Oc1ccc(Cl)c(Cl)c1)C(=O)Nc1cccc(S(C)(=O)=O)c1. The summed E-state index contributed by atoms with van der Waals surface area (Å²) in [6, 6.07) is 10.7. The Morgan fingerprint density at radius 1 is 1.12 bits per heavy atom. The first-order chi connectivity index (χ1) is 11.2. The molecule has 2 aromatic carbocycles. The van der Waals surface area contributed by atoms with Crippen molar-refractivity contribution in [2.45, 2.75) is 17.9 Å². The fraction of sp³-hybridized carbons (Fsp3) is 0.188. The van der Waals surface area contributed by atoms with Crippen LogP contribution in [0.15, 0.2) is 47.4 Å². The van der Waals surface area contributed by atoms with Gasteiger partial charge in [0.2, 0.25) is 0 Å². The topological polar surface area (TPSA) is 72.5 Å². The number of hydrogen-bond acceptors (Lipinski definition) is 4. The molecule has 24 heavy (non-hydrogen) atoms. The first kappa shape index (κ1) is 18.6. The van der Waals surface area contributed by atoms with Crippen LogP contribution in [0.25, 0.3) is 0 Å². The lowest BCUT2D eigenvalue weighted by atomic mass is 10.3. The zero-order valence-corrected chi connectivity index (χ0v) is 15.2. The molecule has 0 aliphatic carbocycles. The second-order valence-corrected chi connectivity index (χ2v) is 7.96. The molecular weight excluding hydrogens is 373 g/mol. The first-order valence-electron chi connectivity index (χ1n) is 6.89. The number of halogens is 2. The molecule has 0 bridgehead atoms. The van der Waals surface area contributed by atoms with E-state index in [0.717, 1.165) is 6.26 Å². The molecule has 0 heterocycles. The maximum absolute atomic E-state index is 12.2. The minimum Gasteiger partial charge on any atom is -0.481 e. The number of anilines is 1. The predicted octanol–water partition coefficient (Wildman–Crippen LogP) is 3.80. The first-order valence-corrected chi connectivity index (χ1v) is 9.54. The molecule has 0 radical (unpaired) electrons. The summed E-state index contributed by atoms with van der Waals surface area (Å²) in [6.07, 6.45) is 0.286. The third-order valence-corrected chi connectivity index (χ3v) is 4.95. The molecule has 1 N–H and O–H groups in total. The van der Waals surface area contributed by atoms with E-state index in [1.165, 1.54) is 18.2 Å². The normalized spacial score (nSPS) is 12.5. The van der Waals surface area contributed by atoms with E-state index in [4.69, 9.17) is 27.9 Å². The lowest BCUT2D eigenvalue weighted by Crippen LogP contribution is -2.30. The highest BCUT2D eigenvalue weighted by molar-refractivity contribution is 7.90. The van der Waals surface area contributed by atoms with E-state index < -0.39 is 21.8 Å². The number of sulfone groups is 1. The summed E-state index contributed by atoms with van der Waals surface area (Å²) >= 11 is 11.7. The highest BCUT2D eigenvalue weighted by Crippen LogP contribution is 2.27. The lowest BCUT2D eigenvalue weighted by Gasteiger charge is -2.15. The summed E-state index contributed by atoms with van der Waals surface area (Å²) in [5.74, 6) is -0.0244. The summed E-state index contributed by atoms with van der Waals surface area (Å²) in [5, 5.41) is 3.32. The van der Waals surface area contributed by atoms with E-state index in [1.807, 2.05) is 0 Å². The van der Waals surface area contributed by atoms with Gasteiger partial charge in [-0.1, -0.05) is 29.3 Å². The van der Waals surface area contributed by atoms with Crippen molar-refractivity contribution in [3.05, 3.63) is 52.5 Å². The van der Waals surface area contributed by atoms with E-state index in [9.17, 15) is 13.2 Å². The Balaban J connectivity index is 2.07. The average Bonchev–Trinajstić information content (AvgIpc) is 2.50. The fourth-order valence-corrected chi connectivity index (χ4v) is 2.81. The summed E-state index contributed by atoms with van der Waals surface area (Å²) in [4.78, 5) is 12.3. The van der Waals surface area contributed by atoms with Crippen LogP contribution in [0.1, 0.15) is 6.92 Å². The molecule has 128 valence electrons. The number of carbonyl (C=O) groups excluding carboxylic acids is 1. The number of ether oxygens (including phenoxy) is 1. The van der Waals surface area contributed by atoms with Crippen LogP contribution < -0.4 is 10.1 Å². The zero-order chi connectivity index (χ0) is 17.9. The van der Waals surface area contributed by atoms with Gasteiger partial charge in [-0.2, -0.15) is 0 Å². The molecule has 1 amide bonds. The van der Waals surface area contributed by atoms with Gasteiger partial charge in [-0.3, -0.25) is 4.79 Å². The summed E-state index contributed by atoms with van der Waals surface area (Å²) < 4.78 is 28.6. The van der Waals surface area contributed by atoms with Gasteiger partial charge >= 0.3 is 0 Å². The van der Waals surface area contributed by atoms with Crippen molar-refractivity contribution in [2.75, 3.05) is 11.6 Å². The molecule has 0 saturated carbocycles. The Labute approximate surface area is 150 Å². The van der Waals surface area contributed by atoms with Gasteiger partial charge in [-0.25, -0.2) is 8.42 Å². The van der Waals surface area contributed by atoms with Gasteiger partial charge in [0.15, 0.2) is 15.9 Å². The summed E-state index contributed by atoms with van der Waals surface area (Å²) in [7, 11) is -3.35. The molecule has 0 aliphatic heterocycles. The van der Waals surface area contributed by atoms with Crippen molar-refractivity contribution in [1.82, 2.24) is 0 Å². The van der Waals surface area contributed by atoms with Gasteiger partial charge in [0.25, 0.3) is 5.91 Å². The van der Waals surface area contributed by atoms with Crippen LogP contribution >= 0.6 is 23.2 Å². The number of benzene rings is 2. The second kappa shape index (κ2) is 7.42. The van der Waals surface area contributed by atoms with E-state index in [-0.39, 0.29) is 4.90 Å². The van der Waals surface area contributed by atoms with Crippen LogP contribution in [0, 0.1) is 0 Å². The predicted molar refractivity (Wildman–Crippen MR) is 94.7 cm³/mol. The van der Waals surface area contributed by atoms with Crippen LogP contribution in [0.2, 0.25) is 10.0 Å². The molecule has 0 saturated heterocycles. The molecule has 1 atom stereocenters. The number of amides is 1. The smallest absolute Gasteiger partial charge is 0.265 e. The molecule has 0 aliphatic rings. The molecule has 1 unspecified atom stereocenters. The van der Waals surface area contributed by atoms with Crippen LogP contribution in [-0.4, -0.2) is 26.7 Å². The van der Waals surface area contributed by atoms with Crippen molar-refractivity contribution in [3.63, 3.8) is 0 Å². The Kier molecular flexibility index (Phi) is 5.74. The maximum Gasteiger partial charge on any atom is 0.265 e. The summed E-state index contributed by atoms with van der Waals surface area (Å²) in [5.41, 5.74) is 0.368. The van der Waals surface area contributed by atoms with Gasteiger partial charge in [-0.15, -0.1) is 0 Å². The molecule has 0 fully saturated rings. The van der Waals surface area contributed by atoms with Gasteiger partial charge in [-0.05, 0) is 37.3 Å². The number of carbonyl (C=O) groups is 1. The van der Waals surface area contributed by atoms with Crippen LogP contribution in [-0.2, 0) is 14.6 Å².